The molecule has 0 aliphatic carbocycles. The van der Waals surface area contributed by atoms with Gasteiger partial charge in [0, 0.05) is 0 Å². The zero-order chi connectivity index (χ0) is 107. The Labute approximate surface area is 824 Å². The fraction of sp³-hybridized carbons (Fsp3) is 0.944. The van der Waals surface area contributed by atoms with Crippen LogP contribution in [0.15, 0.2) is 0 Å². The lowest BCUT2D eigenvalue weighted by Gasteiger charge is -2.38. The molecule has 0 atom stereocenters. The molecule has 0 saturated heterocycles. The van der Waals surface area contributed by atoms with Crippen LogP contribution in [0.5, 0.6) is 0 Å². The molecule has 27 heteroatoms. The van der Waals surface area contributed by atoms with Crippen molar-refractivity contribution in [2.75, 3.05) is 139 Å². The highest BCUT2D eigenvalue weighted by Crippen LogP contribution is 2.39. The van der Waals surface area contributed by atoms with Gasteiger partial charge in [0.15, 0.2) is 0 Å². The van der Waals surface area contributed by atoms with Gasteiger partial charge in [0.05, 0.1) is 199 Å². The standard InChI is InChI=1S/C45H86O12.C36H70O9.C27H54O6/c1-23-45(30-49-33(46)42(20,24-52-36(2,3)4)25-53-37(5,6)7,31-50-34(47)43(21,26-54-38(8,9)10)27-55-39(11,12)13)32-51-35(48)44(22,28-56-40(14,15)16)29-57-41(17,18)19;1-19-36(26-45-33(14,15)16,24-39-27(37)34(17,20-41-29(2,3)4)21-42-30(5,6)7)25-40-28(38)35(18,22-43-31(8,9)10)23-44-32(11,12)13;1-15-27(19-32-24(8,9)10,20-33-25(11,12)13)18-29-21(28)26(14,16-30-22(2,3)4)17-31-23(5,6)7/h23-32H2,1-22H3;19-26H2,1-18H3;15-20H2,1-14H3. The summed E-state index contributed by atoms with van der Waals surface area (Å²) in [6.45, 7) is 106. The second-order valence-electron chi connectivity index (χ2n) is 54.4. The minimum atomic E-state index is -1.19. The third-order valence-corrected chi connectivity index (χ3v) is 20.6. The van der Waals surface area contributed by atoms with E-state index in [1.165, 1.54) is 0 Å². The molecule has 0 radical (unpaired) electrons. The summed E-state index contributed by atoms with van der Waals surface area (Å²) in [6.07, 6.45) is 1.60. The molecule has 0 aromatic carbocycles. The monoisotopic (exact) mass is 1940 g/mol. The Morgan fingerprint density at radius 2 is 0.200 bits per heavy atom. The van der Waals surface area contributed by atoms with Gasteiger partial charge in [-0.15, -0.1) is 0 Å². The molecular weight excluding hydrogens is 1730 g/mol. The van der Waals surface area contributed by atoms with Crippen LogP contribution in [0, 0.1) is 48.7 Å². The number of hydrogen-bond donors (Lipinski definition) is 0. The minimum absolute atomic E-state index is 0.0139. The van der Waals surface area contributed by atoms with Gasteiger partial charge in [-0.1, -0.05) is 20.8 Å². The van der Waals surface area contributed by atoms with Crippen LogP contribution in [-0.2, 0) is 128 Å². The molecule has 135 heavy (non-hydrogen) atoms. The molecule has 0 saturated carbocycles. The molecule has 0 bridgehead atoms. The highest BCUT2D eigenvalue weighted by molar-refractivity contribution is 5.79. The average Bonchev–Trinajstić information content (AvgIpc) is 0.840. The lowest BCUT2D eigenvalue weighted by Crippen LogP contribution is -2.48. The Hall–Kier alpha value is -3.78. The first-order valence-electron chi connectivity index (χ1n) is 49.2. The Bertz CT molecular complexity index is 3090. The molecule has 0 aromatic rings. The van der Waals surface area contributed by atoms with Crippen molar-refractivity contribution in [3.63, 3.8) is 0 Å². The number of esters is 6. The van der Waals surface area contributed by atoms with Crippen molar-refractivity contribution >= 4 is 35.8 Å². The zero-order valence-corrected chi connectivity index (χ0v) is 97.0. The first kappa shape index (κ1) is 135. The van der Waals surface area contributed by atoms with Gasteiger partial charge in [-0.2, -0.15) is 0 Å². The minimum Gasteiger partial charge on any atom is -0.464 e. The fourth-order valence-corrected chi connectivity index (χ4v) is 10.2. The van der Waals surface area contributed by atoms with Crippen LogP contribution in [0.1, 0.15) is 393 Å². The van der Waals surface area contributed by atoms with E-state index in [0.29, 0.717) is 26.1 Å². The third-order valence-electron chi connectivity index (χ3n) is 20.6. The van der Waals surface area contributed by atoms with E-state index in [9.17, 15) is 28.8 Å². The molecule has 0 heterocycles. The highest BCUT2D eigenvalue weighted by atomic mass is 16.6. The number of carbonyl (C=O) groups excluding carboxylic acids is 6. The average molecular weight is 1940 g/mol. The van der Waals surface area contributed by atoms with E-state index in [4.69, 9.17) is 99.5 Å². The number of ether oxygens (including phenoxy) is 21. The van der Waals surface area contributed by atoms with Gasteiger partial charge in [-0.25, -0.2) is 0 Å². The normalized spacial score (nSPS) is 14.4. The Morgan fingerprint density at radius 1 is 0.126 bits per heavy atom. The van der Waals surface area contributed by atoms with Gasteiger partial charge in [0.1, 0.15) is 72.1 Å². The fourth-order valence-electron chi connectivity index (χ4n) is 10.2. The lowest BCUT2D eigenvalue weighted by molar-refractivity contribution is -0.190. The highest BCUT2D eigenvalue weighted by Gasteiger charge is 2.50. The van der Waals surface area contributed by atoms with Gasteiger partial charge in [-0.05, 0) is 372 Å². The van der Waals surface area contributed by atoms with Gasteiger partial charge < -0.3 is 99.5 Å². The summed E-state index contributed by atoms with van der Waals surface area (Å²) in [6, 6.07) is 0. The topological polar surface area (TPSA) is 296 Å². The Kier molecular flexibility index (Phi) is 52.8. The second-order valence-corrected chi connectivity index (χ2v) is 54.4. The van der Waals surface area contributed by atoms with Crippen LogP contribution in [0.4, 0.5) is 0 Å². The maximum atomic E-state index is 14.1. The molecule has 0 aliphatic heterocycles. The molecule has 804 valence electrons. The maximum Gasteiger partial charge on any atom is 0.316 e. The van der Waals surface area contributed by atoms with Crippen molar-refractivity contribution in [3.8, 4) is 0 Å². The number of carbonyl (C=O) groups is 6. The SMILES string of the molecule is CCC(COC(=O)C(C)(COC(C)(C)C)COC(C)(C)C)(COC(=O)C(C)(COC(C)(C)C)COC(C)(C)C)COC(=O)C(C)(COC(C)(C)C)COC(C)(C)C.CCC(COC(=O)C(C)(COC(C)(C)C)COC(C)(C)C)(COC(=O)C(C)(COC(C)(C)C)COC(C)(C)C)COC(C)(C)C.CCC(COC(=O)C(C)(COC(C)(C)C)COC(C)(C)C)(COC(C)(C)C)COC(C)(C)C. The molecule has 0 aromatic heterocycles. The lowest BCUT2D eigenvalue weighted by atomic mass is 9.86. The van der Waals surface area contributed by atoms with Crippen LogP contribution in [0.3, 0.4) is 0 Å². The summed E-state index contributed by atoms with van der Waals surface area (Å²) in [5.74, 6) is -2.91. The predicted molar refractivity (Wildman–Crippen MR) is 538 cm³/mol. The smallest absolute Gasteiger partial charge is 0.316 e. The summed E-state index contributed by atoms with van der Waals surface area (Å²) in [4.78, 5) is 83.2. The van der Waals surface area contributed by atoms with Crippen molar-refractivity contribution in [1.29, 1.82) is 0 Å². The zero-order valence-electron chi connectivity index (χ0n) is 97.0. The van der Waals surface area contributed by atoms with E-state index < -0.39 is 140 Å². The van der Waals surface area contributed by atoms with Crippen LogP contribution in [-0.4, -0.2) is 259 Å². The van der Waals surface area contributed by atoms with E-state index in [0.717, 1.165) is 6.42 Å². The van der Waals surface area contributed by atoms with Gasteiger partial charge >= 0.3 is 35.8 Å². The summed E-state index contributed by atoms with van der Waals surface area (Å²) in [7, 11) is 0. The van der Waals surface area contributed by atoms with E-state index in [2.05, 4.69) is 6.92 Å². The van der Waals surface area contributed by atoms with Crippen LogP contribution in [0.25, 0.3) is 0 Å². The molecule has 0 amide bonds. The number of rotatable bonds is 51. The van der Waals surface area contributed by atoms with Crippen molar-refractivity contribution < 1.29 is 128 Å². The van der Waals surface area contributed by atoms with Crippen LogP contribution < -0.4 is 0 Å². The predicted octanol–water partition coefficient (Wildman–Crippen LogP) is 22.7. The molecule has 0 unspecified atom stereocenters. The van der Waals surface area contributed by atoms with E-state index in [-0.39, 0.29) is 154 Å². The van der Waals surface area contributed by atoms with E-state index in [1.807, 2.05) is 332 Å². The molecule has 0 aliphatic rings. The van der Waals surface area contributed by atoms with Crippen molar-refractivity contribution in [1.82, 2.24) is 0 Å². The van der Waals surface area contributed by atoms with Gasteiger partial charge in [0.25, 0.3) is 0 Å². The van der Waals surface area contributed by atoms with Crippen molar-refractivity contribution in [3.05, 3.63) is 0 Å². The summed E-state index contributed by atoms with van der Waals surface area (Å²) in [5, 5.41) is 0. The summed E-state index contributed by atoms with van der Waals surface area (Å²) < 4.78 is 128. The van der Waals surface area contributed by atoms with Gasteiger partial charge in [-0.3, -0.25) is 28.8 Å². The maximum absolute atomic E-state index is 14.1. The molecule has 0 N–H and O–H groups in total. The molecular formula is C108H210O27. The van der Waals surface area contributed by atoms with E-state index >= 15 is 0 Å². The van der Waals surface area contributed by atoms with Gasteiger partial charge in [0.2, 0.25) is 0 Å². The molecule has 27 nitrogen and oxygen atoms in total. The first-order chi connectivity index (χ1) is 59.6. The van der Waals surface area contributed by atoms with Crippen LogP contribution in [0.2, 0.25) is 0 Å². The van der Waals surface area contributed by atoms with Crippen LogP contribution >= 0.6 is 0 Å². The van der Waals surface area contributed by atoms with Crippen molar-refractivity contribution in [2.24, 2.45) is 48.7 Å². The second kappa shape index (κ2) is 52.7. The molecule has 0 rings (SSSR count). The summed E-state index contributed by atoms with van der Waals surface area (Å²) in [5.41, 5.74) is -15.8. The number of hydrogen-bond acceptors (Lipinski definition) is 27. The summed E-state index contributed by atoms with van der Waals surface area (Å²) >= 11 is 0. The molecule has 0 spiro atoms. The third kappa shape index (κ3) is 64.5. The largest absolute Gasteiger partial charge is 0.464 e. The van der Waals surface area contributed by atoms with E-state index in [1.54, 1.807) is 34.6 Å². The van der Waals surface area contributed by atoms with Crippen molar-refractivity contribution in [2.45, 2.75) is 477 Å². The molecule has 0 fully saturated rings. The Balaban J connectivity index is -0.00000201. The Morgan fingerprint density at radius 3 is 0.281 bits per heavy atom. The quantitative estimate of drug-likeness (QED) is 0.0404. The first-order valence-corrected chi connectivity index (χ1v) is 49.2.